The van der Waals surface area contributed by atoms with Crippen LogP contribution in [0.2, 0.25) is 5.02 Å². The third-order valence-electron chi connectivity index (χ3n) is 3.22. The van der Waals surface area contributed by atoms with Crippen molar-refractivity contribution in [3.63, 3.8) is 0 Å². The number of aryl methyl sites for hydroxylation is 3. The molecule has 0 nitrogen and oxygen atoms in total. The van der Waals surface area contributed by atoms with Crippen molar-refractivity contribution in [2.45, 2.75) is 27.2 Å². The second-order valence-electron chi connectivity index (χ2n) is 4.64. The lowest BCUT2D eigenvalue weighted by atomic mass is 9.96. The summed E-state index contributed by atoms with van der Waals surface area (Å²) in [5.74, 6) is 0. The van der Waals surface area contributed by atoms with Crippen molar-refractivity contribution in [1.82, 2.24) is 0 Å². The monoisotopic (exact) mass is 244 g/mol. The van der Waals surface area contributed by atoms with Crippen LogP contribution in [0.1, 0.15) is 27.8 Å². The van der Waals surface area contributed by atoms with Crippen LogP contribution >= 0.6 is 11.6 Å². The largest absolute Gasteiger partial charge is 0.0840 e. The van der Waals surface area contributed by atoms with Gasteiger partial charge in [0, 0.05) is 5.02 Å². The Morgan fingerprint density at radius 3 is 2.41 bits per heavy atom. The molecule has 0 aliphatic heterocycles. The standard InChI is InChI=1S/C16H17Cl/c1-11-7-8-12(2)14(9-11)10-15-13(3)5-4-6-16(15)17/h4-9H,10H2,1-3H3. The van der Waals surface area contributed by atoms with Gasteiger partial charge in [0.1, 0.15) is 0 Å². The lowest BCUT2D eigenvalue weighted by molar-refractivity contribution is 1.12. The summed E-state index contributed by atoms with van der Waals surface area (Å²) in [5, 5.41) is 0.867. The van der Waals surface area contributed by atoms with E-state index in [0.29, 0.717) is 0 Å². The van der Waals surface area contributed by atoms with Crippen LogP contribution in [-0.4, -0.2) is 0 Å². The molecule has 2 rings (SSSR count). The van der Waals surface area contributed by atoms with E-state index >= 15 is 0 Å². The summed E-state index contributed by atoms with van der Waals surface area (Å²) in [6.45, 7) is 6.40. The molecule has 0 aromatic heterocycles. The molecule has 0 aliphatic rings. The van der Waals surface area contributed by atoms with E-state index in [0.717, 1.165) is 11.4 Å². The summed E-state index contributed by atoms with van der Waals surface area (Å²) in [5.41, 5.74) is 6.49. The van der Waals surface area contributed by atoms with Crippen LogP contribution in [-0.2, 0) is 6.42 Å². The Labute approximate surface area is 108 Å². The second-order valence-corrected chi connectivity index (χ2v) is 5.05. The molecule has 0 aliphatic carbocycles. The van der Waals surface area contributed by atoms with Gasteiger partial charge >= 0.3 is 0 Å². The van der Waals surface area contributed by atoms with Gasteiger partial charge in [-0.3, -0.25) is 0 Å². The topological polar surface area (TPSA) is 0 Å². The lowest BCUT2D eigenvalue weighted by Crippen LogP contribution is -1.96. The molecule has 0 atom stereocenters. The first kappa shape index (κ1) is 12.2. The number of benzene rings is 2. The van der Waals surface area contributed by atoms with E-state index in [1.807, 2.05) is 12.1 Å². The van der Waals surface area contributed by atoms with Gasteiger partial charge in [0.2, 0.25) is 0 Å². The Morgan fingerprint density at radius 2 is 1.71 bits per heavy atom. The van der Waals surface area contributed by atoms with E-state index in [1.54, 1.807) is 0 Å². The highest BCUT2D eigenvalue weighted by Crippen LogP contribution is 2.24. The highest BCUT2D eigenvalue weighted by atomic mass is 35.5. The Balaban J connectivity index is 2.41. The molecule has 0 saturated heterocycles. The van der Waals surface area contributed by atoms with Gasteiger partial charge in [0.05, 0.1) is 0 Å². The Hall–Kier alpha value is -1.27. The molecular weight excluding hydrogens is 228 g/mol. The van der Waals surface area contributed by atoms with Gasteiger partial charge in [0.25, 0.3) is 0 Å². The van der Waals surface area contributed by atoms with E-state index < -0.39 is 0 Å². The molecule has 0 unspecified atom stereocenters. The van der Waals surface area contributed by atoms with E-state index in [1.165, 1.54) is 27.8 Å². The Morgan fingerprint density at radius 1 is 0.941 bits per heavy atom. The van der Waals surface area contributed by atoms with Crippen LogP contribution in [0.15, 0.2) is 36.4 Å². The highest BCUT2D eigenvalue weighted by molar-refractivity contribution is 6.31. The molecule has 0 heterocycles. The fourth-order valence-corrected chi connectivity index (χ4v) is 2.36. The van der Waals surface area contributed by atoms with Gasteiger partial charge in [-0.2, -0.15) is 0 Å². The van der Waals surface area contributed by atoms with Crippen LogP contribution in [0, 0.1) is 20.8 Å². The lowest BCUT2D eigenvalue weighted by Gasteiger charge is -2.11. The maximum atomic E-state index is 6.27. The minimum atomic E-state index is 0.867. The molecule has 1 heteroatoms. The maximum absolute atomic E-state index is 6.27. The van der Waals surface area contributed by atoms with Crippen molar-refractivity contribution in [2.24, 2.45) is 0 Å². The van der Waals surface area contributed by atoms with Gasteiger partial charge < -0.3 is 0 Å². The first-order chi connectivity index (χ1) is 8.08. The summed E-state index contributed by atoms with van der Waals surface area (Å²) in [6, 6.07) is 12.7. The van der Waals surface area contributed by atoms with Crippen molar-refractivity contribution < 1.29 is 0 Å². The maximum Gasteiger partial charge on any atom is 0.0444 e. The predicted molar refractivity (Wildman–Crippen MR) is 74.9 cm³/mol. The SMILES string of the molecule is Cc1ccc(C)c(Cc2c(C)cccc2Cl)c1. The minimum Gasteiger partial charge on any atom is -0.0840 e. The Kier molecular flexibility index (Phi) is 3.54. The third kappa shape index (κ3) is 2.70. The first-order valence-electron chi connectivity index (χ1n) is 5.88. The smallest absolute Gasteiger partial charge is 0.0444 e. The van der Waals surface area contributed by atoms with Crippen LogP contribution in [0.25, 0.3) is 0 Å². The van der Waals surface area contributed by atoms with Crippen LogP contribution < -0.4 is 0 Å². The van der Waals surface area contributed by atoms with Crippen LogP contribution in [0.5, 0.6) is 0 Å². The molecule has 0 fully saturated rings. The van der Waals surface area contributed by atoms with Gasteiger partial charge in [-0.25, -0.2) is 0 Å². The summed E-state index contributed by atoms with van der Waals surface area (Å²) in [4.78, 5) is 0. The fraction of sp³-hybridized carbons (Fsp3) is 0.250. The molecule has 0 bridgehead atoms. The van der Waals surface area contributed by atoms with Crippen molar-refractivity contribution >= 4 is 11.6 Å². The fourth-order valence-electron chi connectivity index (χ4n) is 2.07. The van der Waals surface area contributed by atoms with Gasteiger partial charge in [-0.05, 0) is 55.5 Å². The van der Waals surface area contributed by atoms with Gasteiger partial charge in [-0.1, -0.05) is 47.5 Å². The molecule has 88 valence electrons. The molecule has 0 spiro atoms. The zero-order valence-corrected chi connectivity index (χ0v) is 11.3. The van der Waals surface area contributed by atoms with Crippen molar-refractivity contribution in [3.8, 4) is 0 Å². The summed E-state index contributed by atoms with van der Waals surface area (Å²) < 4.78 is 0. The highest BCUT2D eigenvalue weighted by Gasteiger charge is 2.06. The molecule has 17 heavy (non-hydrogen) atoms. The summed E-state index contributed by atoms with van der Waals surface area (Å²) in [7, 11) is 0. The zero-order valence-electron chi connectivity index (χ0n) is 10.5. The van der Waals surface area contributed by atoms with E-state index in [2.05, 4.69) is 45.0 Å². The molecule has 2 aromatic carbocycles. The molecule has 0 N–H and O–H groups in total. The minimum absolute atomic E-state index is 0.867. The molecule has 0 saturated carbocycles. The second kappa shape index (κ2) is 4.93. The summed E-state index contributed by atoms with van der Waals surface area (Å²) >= 11 is 6.27. The first-order valence-corrected chi connectivity index (χ1v) is 6.26. The van der Waals surface area contributed by atoms with E-state index in [4.69, 9.17) is 11.6 Å². The van der Waals surface area contributed by atoms with Crippen molar-refractivity contribution in [3.05, 3.63) is 69.2 Å². The van der Waals surface area contributed by atoms with Crippen molar-refractivity contribution in [1.29, 1.82) is 0 Å². The average Bonchev–Trinajstić information content (AvgIpc) is 2.28. The normalized spacial score (nSPS) is 10.6. The van der Waals surface area contributed by atoms with E-state index in [9.17, 15) is 0 Å². The average molecular weight is 245 g/mol. The zero-order chi connectivity index (χ0) is 12.4. The van der Waals surface area contributed by atoms with Gasteiger partial charge in [-0.15, -0.1) is 0 Å². The number of rotatable bonds is 2. The number of hydrogen-bond donors (Lipinski definition) is 0. The third-order valence-corrected chi connectivity index (χ3v) is 3.58. The number of hydrogen-bond acceptors (Lipinski definition) is 0. The molecular formula is C16H17Cl. The predicted octanol–water partition coefficient (Wildman–Crippen LogP) is 4.86. The molecule has 2 aromatic rings. The van der Waals surface area contributed by atoms with Gasteiger partial charge in [0.15, 0.2) is 0 Å². The Bertz CT molecular complexity index is 521. The summed E-state index contributed by atoms with van der Waals surface area (Å²) in [6.07, 6.45) is 0.916. The molecule has 0 amide bonds. The van der Waals surface area contributed by atoms with Crippen molar-refractivity contribution in [2.75, 3.05) is 0 Å². The van der Waals surface area contributed by atoms with Crippen LogP contribution in [0.4, 0.5) is 0 Å². The van der Waals surface area contributed by atoms with E-state index in [-0.39, 0.29) is 0 Å². The molecule has 0 radical (unpaired) electrons. The van der Waals surface area contributed by atoms with Crippen LogP contribution in [0.3, 0.4) is 0 Å². The quantitative estimate of drug-likeness (QED) is 0.708. The number of halogens is 1.